The summed E-state index contributed by atoms with van der Waals surface area (Å²) in [4.78, 5) is 0. The van der Waals surface area contributed by atoms with E-state index in [1.807, 2.05) is 37.3 Å². The summed E-state index contributed by atoms with van der Waals surface area (Å²) >= 11 is 3.40. The summed E-state index contributed by atoms with van der Waals surface area (Å²) in [6, 6.07) is 11.5. The Morgan fingerprint density at radius 2 is 1.81 bits per heavy atom. The second-order valence-corrected chi connectivity index (χ2v) is 4.87. The summed E-state index contributed by atoms with van der Waals surface area (Å²) in [7, 11) is 0. The van der Waals surface area contributed by atoms with Gasteiger partial charge in [-0.05, 0) is 37.1 Å². The maximum absolute atomic E-state index is 14.0. The SMILES string of the molecule is Cc1cccc(-c2cc(Br)cc(C)c2F)c1. The molecule has 0 atom stereocenters. The van der Waals surface area contributed by atoms with Crippen molar-refractivity contribution in [1.29, 1.82) is 0 Å². The van der Waals surface area contributed by atoms with Gasteiger partial charge < -0.3 is 0 Å². The topological polar surface area (TPSA) is 0 Å². The molecule has 0 aliphatic rings. The highest BCUT2D eigenvalue weighted by molar-refractivity contribution is 9.10. The lowest BCUT2D eigenvalue weighted by Gasteiger charge is -2.07. The molecule has 0 heterocycles. The molecule has 0 saturated heterocycles. The van der Waals surface area contributed by atoms with Crippen molar-refractivity contribution in [3.05, 3.63) is 57.8 Å². The molecule has 0 amide bonds. The van der Waals surface area contributed by atoms with Gasteiger partial charge in [0.15, 0.2) is 0 Å². The van der Waals surface area contributed by atoms with Gasteiger partial charge >= 0.3 is 0 Å². The zero-order valence-corrected chi connectivity index (χ0v) is 10.8. The van der Waals surface area contributed by atoms with Gasteiger partial charge in [-0.3, -0.25) is 0 Å². The number of aryl methyl sites for hydroxylation is 2. The first kappa shape index (κ1) is 11.3. The van der Waals surface area contributed by atoms with Crippen LogP contribution in [0.15, 0.2) is 40.9 Å². The Morgan fingerprint density at radius 3 is 2.50 bits per heavy atom. The molecule has 0 fully saturated rings. The Hall–Kier alpha value is -1.15. The monoisotopic (exact) mass is 278 g/mol. The standard InChI is InChI=1S/C14H12BrF/c1-9-4-3-5-11(6-9)13-8-12(15)7-10(2)14(13)16/h3-8H,1-2H3. The van der Waals surface area contributed by atoms with Gasteiger partial charge in [-0.1, -0.05) is 45.8 Å². The molecule has 2 rings (SSSR count). The molecule has 0 saturated carbocycles. The molecular formula is C14H12BrF. The second kappa shape index (κ2) is 4.38. The van der Waals surface area contributed by atoms with Crippen LogP contribution in [0, 0.1) is 19.7 Å². The average molecular weight is 279 g/mol. The van der Waals surface area contributed by atoms with Crippen LogP contribution in [0.2, 0.25) is 0 Å². The van der Waals surface area contributed by atoms with E-state index in [-0.39, 0.29) is 5.82 Å². The molecule has 0 unspecified atom stereocenters. The lowest BCUT2D eigenvalue weighted by Crippen LogP contribution is -1.89. The van der Waals surface area contributed by atoms with Crippen molar-refractivity contribution in [3.63, 3.8) is 0 Å². The fourth-order valence-electron chi connectivity index (χ4n) is 1.75. The normalized spacial score (nSPS) is 10.5. The number of hydrogen-bond acceptors (Lipinski definition) is 0. The predicted octanol–water partition coefficient (Wildman–Crippen LogP) is 4.87. The summed E-state index contributed by atoms with van der Waals surface area (Å²) < 4.78 is 14.9. The van der Waals surface area contributed by atoms with Crippen LogP contribution in [0.25, 0.3) is 11.1 Å². The van der Waals surface area contributed by atoms with Gasteiger partial charge in [0.25, 0.3) is 0 Å². The van der Waals surface area contributed by atoms with Gasteiger partial charge in [-0.15, -0.1) is 0 Å². The van der Waals surface area contributed by atoms with Crippen LogP contribution in [0.4, 0.5) is 4.39 Å². The third-order valence-corrected chi connectivity index (χ3v) is 3.01. The Morgan fingerprint density at radius 1 is 1.06 bits per heavy atom. The van der Waals surface area contributed by atoms with Crippen molar-refractivity contribution in [2.75, 3.05) is 0 Å². The number of hydrogen-bond donors (Lipinski definition) is 0. The van der Waals surface area contributed by atoms with Gasteiger partial charge in [0.1, 0.15) is 5.82 Å². The van der Waals surface area contributed by atoms with Crippen molar-refractivity contribution < 1.29 is 4.39 Å². The van der Waals surface area contributed by atoms with Crippen molar-refractivity contribution >= 4 is 15.9 Å². The highest BCUT2D eigenvalue weighted by Gasteiger charge is 2.09. The molecule has 0 aliphatic carbocycles. The number of rotatable bonds is 1. The molecule has 0 aromatic heterocycles. The van der Waals surface area contributed by atoms with Gasteiger partial charge in [0, 0.05) is 10.0 Å². The highest BCUT2D eigenvalue weighted by atomic mass is 79.9. The lowest BCUT2D eigenvalue weighted by molar-refractivity contribution is 0.622. The molecule has 2 aromatic rings. The van der Waals surface area contributed by atoms with Crippen molar-refractivity contribution in [2.45, 2.75) is 13.8 Å². The van der Waals surface area contributed by atoms with Crippen LogP contribution in [0.5, 0.6) is 0 Å². The minimum absolute atomic E-state index is 0.145. The third-order valence-electron chi connectivity index (χ3n) is 2.55. The molecule has 16 heavy (non-hydrogen) atoms. The molecule has 2 heteroatoms. The summed E-state index contributed by atoms with van der Waals surface area (Å²) in [6.07, 6.45) is 0. The molecule has 0 nitrogen and oxygen atoms in total. The Bertz CT molecular complexity index is 532. The molecule has 0 bridgehead atoms. The van der Waals surface area contributed by atoms with Crippen LogP contribution in [-0.2, 0) is 0 Å². The molecular weight excluding hydrogens is 267 g/mol. The molecule has 0 aliphatic heterocycles. The predicted molar refractivity (Wildman–Crippen MR) is 69.0 cm³/mol. The van der Waals surface area contributed by atoms with E-state index in [0.717, 1.165) is 15.6 Å². The Kier molecular flexibility index (Phi) is 3.10. The van der Waals surface area contributed by atoms with E-state index in [4.69, 9.17) is 0 Å². The zero-order chi connectivity index (χ0) is 11.7. The molecule has 2 aromatic carbocycles. The average Bonchev–Trinajstić information content (AvgIpc) is 2.23. The van der Waals surface area contributed by atoms with Crippen molar-refractivity contribution in [2.24, 2.45) is 0 Å². The van der Waals surface area contributed by atoms with Gasteiger partial charge in [-0.2, -0.15) is 0 Å². The van der Waals surface area contributed by atoms with E-state index >= 15 is 0 Å². The van der Waals surface area contributed by atoms with Gasteiger partial charge in [0.05, 0.1) is 0 Å². The largest absolute Gasteiger partial charge is 0.206 e. The lowest BCUT2D eigenvalue weighted by atomic mass is 10.0. The van der Waals surface area contributed by atoms with E-state index in [1.54, 1.807) is 13.0 Å². The first-order chi connectivity index (χ1) is 7.58. The number of halogens is 2. The first-order valence-corrected chi connectivity index (χ1v) is 5.90. The van der Waals surface area contributed by atoms with E-state index in [2.05, 4.69) is 15.9 Å². The van der Waals surface area contributed by atoms with Crippen LogP contribution >= 0.6 is 15.9 Å². The van der Waals surface area contributed by atoms with E-state index in [0.29, 0.717) is 11.1 Å². The van der Waals surface area contributed by atoms with Gasteiger partial charge in [-0.25, -0.2) is 4.39 Å². The van der Waals surface area contributed by atoms with Crippen LogP contribution in [0.3, 0.4) is 0 Å². The molecule has 82 valence electrons. The van der Waals surface area contributed by atoms with E-state index in [9.17, 15) is 4.39 Å². The van der Waals surface area contributed by atoms with E-state index < -0.39 is 0 Å². The van der Waals surface area contributed by atoms with Crippen LogP contribution in [-0.4, -0.2) is 0 Å². The fraction of sp³-hybridized carbons (Fsp3) is 0.143. The van der Waals surface area contributed by atoms with Crippen molar-refractivity contribution in [1.82, 2.24) is 0 Å². The third kappa shape index (κ3) is 2.17. The Labute approximate surface area is 103 Å². The summed E-state index contributed by atoms with van der Waals surface area (Å²) in [5, 5.41) is 0. The minimum atomic E-state index is -0.145. The second-order valence-electron chi connectivity index (χ2n) is 3.95. The summed E-state index contributed by atoms with van der Waals surface area (Å²) in [5.41, 5.74) is 3.36. The zero-order valence-electron chi connectivity index (χ0n) is 9.22. The fourth-order valence-corrected chi connectivity index (χ4v) is 2.32. The minimum Gasteiger partial charge on any atom is -0.206 e. The first-order valence-electron chi connectivity index (χ1n) is 5.10. The summed E-state index contributed by atoms with van der Waals surface area (Å²) in [5.74, 6) is -0.145. The van der Waals surface area contributed by atoms with Crippen molar-refractivity contribution in [3.8, 4) is 11.1 Å². The highest BCUT2D eigenvalue weighted by Crippen LogP contribution is 2.29. The quantitative estimate of drug-likeness (QED) is 0.698. The van der Waals surface area contributed by atoms with Crippen LogP contribution in [0.1, 0.15) is 11.1 Å². The maximum atomic E-state index is 14.0. The number of benzene rings is 2. The van der Waals surface area contributed by atoms with Gasteiger partial charge in [0.2, 0.25) is 0 Å². The van der Waals surface area contributed by atoms with E-state index in [1.165, 1.54) is 0 Å². The molecule has 0 N–H and O–H groups in total. The summed E-state index contributed by atoms with van der Waals surface area (Å²) in [6.45, 7) is 3.78. The van der Waals surface area contributed by atoms with Crippen LogP contribution < -0.4 is 0 Å². The molecule has 0 spiro atoms. The smallest absolute Gasteiger partial charge is 0.134 e. The Balaban J connectivity index is 2.64. The molecule has 0 radical (unpaired) electrons. The maximum Gasteiger partial charge on any atom is 0.134 e.